The molecule has 114 valence electrons. The predicted octanol–water partition coefficient (Wildman–Crippen LogP) is 3.18. The van der Waals surface area contributed by atoms with Gasteiger partial charge in [-0.15, -0.1) is 0 Å². The average molecular weight is 299 g/mol. The molecule has 1 aromatic carbocycles. The van der Waals surface area contributed by atoms with Gasteiger partial charge >= 0.3 is 0 Å². The molecular weight excluding hydrogens is 272 g/mol. The summed E-state index contributed by atoms with van der Waals surface area (Å²) in [5.41, 5.74) is 1.25. The minimum absolute atomic E-state index is 0.332. The van der Waals surface area contributed by atoms with Crippen molar-refractivity contribution in [1.29, 1.82) is 0 Å². The zero-order chi connectivity index (χ0) is 14.8. The number of nitrogens with one attached hydrogen (secondary N) is 1. The van der Waals surface area contributed by atoms with Crippen LogP contribution >= 0.6 is 11.6 Å². The molecule has 3 nitrogen and oxygen atoms in total. The maximum Gasteiger partial charge on any atom is 0.0518 e. The predicted molar refractivity (Wildman–Crippen MR) is 86.4 cm³/mol. The van der Waals surface area contributed by atoms with Crippen LogP contribution in [0.2, 0.25) is 5.02 Å². The highest BCUT2D eigenvalue weighted by Crippen LogP contribution is 2.11. The molecule has 0 saturated carbocycles. The summed E-state index contributed by atoms with van der Waals surface area (Å²) in [5.74, 6) is 0. The third kappa shape index (κ3) is 8.54. The molecule has 0 aliphatic rings. The van der Waals surface area contributed by atoms with Crippen LogP contribution in [0.4, 0.5) is 0 Å². The van der Waals surface area contributed by atoms with Gasteiger partial charge in [-0.25, -0.2) is 0 Å². The maximum absolute atomic E-state index is 5.98. The molecule has 4 heteroatoms. The van der Waals surface area contributed by atoms with Crippen molar-refractivity contribution in [2.75, 3.05) is 33.3 Å². The Kier molecular flexibility index (Phi) is 8.86. The van der Waals surface area contributed by atoms with Gasteiger partial charge in [-0.1, -0.05) is 23.7 Å². The molecule has 20 heavy (non-hydrogen) atoms. The first kappa shape index (κ1) is 17.4. The minimum atomic E-state index is 0.332. The molecule has 0 aromatic heterocycles. The van der Waals surface area contributed by atoms with Crippen molar-refractivity contribution in [2.45, 2.75) is 32.9 Å². The molecule has 0 radical (unpaired) electrons. The minimum Gasteiger partial charge on any atom is -0.379 e. The lowest BCUT2D eigenvalue weighted by molar-refractivity contribution is 0.0770. The molecule has 0 fully saturated rings. The van der Waals surface area contributed by atoms with Crippen molar-refractivity contribution in [1.82, 2.24) is 10.2 Å². The monoisotopic (exact) mass is 298 g/mol. The van der Waals surface area contributed by atoms with Gasteiger partial charge in [-0.05, 0) is 51.6 Å². The van der Waals surface area contributed by atoms with Crippen LogP contribution in [0.25, 0.3) is 0 Å². The van der Waals surface area contributed by atoms with Crippen LogP contribution in [-0.2, 0) is 11.3 Å². The Morgan fingerprint density at radius 3 is 2.80 bits per heavy atom. The average Bonchev–Trinajstić information content (AvgIpc) is 2.37. The summed E-state index contributed by atoms with van der Waals surface area (Å²) in [6.45, 7) is 8.94. The Labute approximate surface area is 128 Å². The number of hydrogen-bond donors (Lipinski definition) is 1. The van der Waals surface area contributed by atoms with Gasteiger partial charge in [0.05, 0.1) is 6.10 Å². The summed E-state index contributed by atoms with van der Waals surface area (Å²) in [5, 5.41) is 4.24. The van der Waals surface area contributed by atoms with Gasteiger partial charge in [0.2, 0.25) is 0 Å². The lowest BCUT2D eigenvalue weighted by Crippen LogP contribution is -2.29. The van der Waals surface area contributed by atoms with Crippen LogP contribution in [0.15, 0.2) is 24.3 Å². The zero-order valence-electron chi connectivity index (χ0n) is 12.9. The third-order valence-corrected chi connectivity index (χ3v) is 3.20. The molecule has 0 heterocycles. The van der Waals surface area contributed by atoms with Crippen molar-refractivity contribution < 1.29 is 4.74 Å². The number of ether oxygens (including phenoxy) is 1. The van der Waals surface area contributed by atoms with E-state index in [9.17, 15) is 0 Å². The summed E-state index contributed by atoms with van der Waals surface area (Å²) < 4.78 is 5.50. The van der Waals surface area contributed by atoms with Crippen LogP contribution in [0, 0.1) is 0 Å². The Morgan fingerprint density at radius 1 is 1.30 bits per heavy atom. The first-order valence-corrected chi connectivity index (χ1v) is 7.71. The molecular formula is C16H27ClN2O. The van der Waals surface area contributed by atoms with Crippen molar-refractivity contribution in [3.8, 4) is 0 Å². The fourth-order valence-electron chi connectivity index (χ4n) is 1.94. The Morgan fingerprint density at radius 2 is 2.10 bits per heavy atom. The van der Waals surface area contributed by atoms with E-state index in [2.05, 4.69) is 37.2 Å². The van der Waals surface area contributed by atoms with Gasteiger partial charge in [0, 0.05) is 31.3 Å². The highest BCUT2D eigenvalue weighted by Gasteiger charge is 2.00. The van der Waals surface area contributed by atoms with E-state index in [4.69, 9.17) is 16.3 Å². The zero-order valence-corrected chi connectivity index (χ0v) is 13.6. The number of rotatable bonds is 10. The van der Waals surface area contributed by atoms with E-state index in [0.717, 1.165) is 44.2 Å². The second-order valence-electron chi connectivity index (χ2n) is 5.39. The van der Waals surface area contributed by atoms with Crippen LogP contribution in [0.5, 0.6) is 0 Å². The molecule has 0 amide bonds. The Balaban J connectivity index is 2.04. The maximum atomic E-state index is 5.98. The van der Waals surface area contributed by atoms with Crippen molar-refractivity contribution in [3.63, 3.8) is 0 Å². The standard InChI is InChI=1S/C16H27ClN2O/c1-14(2)20-11-5-8-18-9-10-19(3)13-15-6-4-7-16(17)12-15/h4,6-7,12,14,18H,5,8-11,13H2,1-3H3. The highest BCUT2D eigenvalue weighted by atomic mass is 35.5. The summed E-state index contributed by atoms with van der Waals surface area (Å²) in [6.07, 6.45) is 1.40. The van der Waals surface area contributed by atoms with Gasteiger partial charge in [0.25, 0.3) is 0 Å². The quantitative estimate of drug-likeness (QED) is 0.672. The number of likely N-dealkylation sites (N-methyl/N-ethyl adjacent to an activating group) is 1. The van der Waals surface area contributed by atoms with Crippen molar-refractivity contribution >= 4 is 11.6 Å². The molecule has 0 atom stereocenters. The van der Waals surface area contributed by atoms with E-state index < -0.39 is 0 Å². The second kappa shape index (κ2) is 10.2. The molecule has 1 rings (SSSR count). The first-order valence-electron chi connectivity index (χ1n) is 7.33. The number of benzene rings is 1. The Bertz CT molecular complexity index is 371. The SMILES string of the molecule is CC(C)OCCCNCCN(C)Cc1cccc(Cl)c1. The van der Waals surface area contributed by atoms with Gasteiger partial charge in [-0.2, -0.15) is 0 Å². The third-order valence-electron chi connectivity index (χ3n) is 2.96. The lowest BCUT2D eigenvalue weighted by atomic mass is 10.2. The molecule has 0 saturated heterocycles. The summed E-state index contributed by atoms with van der Waals surface area (Å²) in [6, 6.07) is 8.04. The van der Waals surface area contributed by atoms with Gasteiger partial charge < -0.3 is 15.0 Å². The van der Waals surface area contributed by atoms with Crippen LogP contribution in [0.3, 0.4) is 0 Å². The smallest absolute Gasteiger partial charge is 0.0518 e. The lowest BCUT2D eigenvalue weighted by Gasteiger charge is -2.17. The van der Waals surface area contributed by atoms with E-state index in [0.29, 0.717) is 6.10 Å². The van der Waals surface area contributed by atoms with E-state index in [1.54, 1.807) is 0 Å². The van der Waals surface area contributed by atoms with Crippen LogP contribution < -0.4 is 5.32 Å². The van der Waals surface area contributed by atoms with Gasteiger partial charge in [0.1, 0.15) is 0 Å². The fraction of sp³-hybridized carbons (Fsp3) is 0.625. The number of halogens is 1. The van der Waals surface area contributed by atoms with Gasteiger partial charge in [0.15, 0.2) is 0 Å². The van der Waals surface area contributed by atoms with E-state index in [-0.39, 0.29) is 0 Å². The first-order chi connectivity index (χ1) is 9.58. The molecule has 0 unspecified atom stereocenters. The van der Waals surface area contributed by atoms with Crippen molar-refractivity contribution in [2.24, 2.45) is 0 Å². The second-order valence-corrected chi connectivity index (χ2v) is 5.83. The van der Waals surface area contributed by atoms with Gasteiger partial charge in [-0.3, -0.25) is 0 Å². The summed E-state index contributed by atoms with van der Waals surface area (Å²) >= 11 is 5.98. The van der Waals surface area contributed by atoms with E-state index in [1.165, 1.54) is 5.56 Å². The molecule has 1 aromatic rings. The molecule has 0 aliphatic carbocycles. The van der Waals surface area contributed by atoms with E-state index >= 15 is 0 Å². The number of hydrogen-bond acceptors (Lipinski definition) is 3. The topological polar surface area (TPSA) is 24.5 Å². The Hall–Kier alpha value is -0.610. The number of nitrogens with zero attached hydrogens (tertiary/aromatic N) is 1. The molecule has 0 spiro atoms. The van der Waals surface area contributed by atoms with Crippen LogP contribution in [0.1, 0.15) is 25.8 Å². The van der Waals surface area contributed by atoms with E-state index in [1.807, 2.05) is 18.2 Å². The summed E-state index contributed by atoms with van der Waals surface area (Å²) in [4.78, 5) is 2.29. The molecule has 1 N–H and O–H groups in total. The molecule has 0 aliphatic heterocycles. The molecule has 0 bridgehead atoms. The fourth-order valence-corrected chi connectivity index (χ4v) is 2.15. The van der Waals surface area contributed by atoms with Crippen LogP contribution in [-0.4, -0.2) is 44.3 Å². The highest BCUT2D eigenvalue weighted by molar-refractivity contribution is 6.30. The normalized spacial score (nSPS) is 11.5. The largest absolute Gasteiger partial charge is 0.379 e. The summed E-state index contributed by atoms with van der Waals surface area (Å²) in [7, 11) is 2.13. The van der Waals surface area contributed by atoms with Crippen molar-refractivity contribution in [3.05, 3.63) is 34.9 Å².